The fourth-order valence-corrected chi connectivity index (χ4v) is 12.0. The zero-order valence-electron chi connectivity index (χ0n) is 57.0. The molecule has 0 aliphatic heterocycles. The van der Waals surface area contributed by atoms with Crippen molar-refractivity contribution in [3.05, 3.63) is 0 Å². The number of phosphoric ester groups is 2. The van der Waals surface area contributed by atoms with Crippen LogP contribution in [0.4, 0.5) is 0 Å². The maximum atomic E-state index is 13.0. The van der Waals surface area contributed by atoms with Gasteiger partial charge in [-0.2, -0.15) is 0 Å². The fourth-order valence-electron chi connectivity index (χ4n) is 10.4. The van der Waals surface area contributed by atoms with Crippen molar-refractivity contribution in [2.24, 2.45) is 11.8 Å². The quantitative estimate of drug-likeness (QED) is 0.0222. The van der Waals surface area contributed by atoms with Crippen LogP contribution in [0.25, 0.3) is 0 Å². The van der Waals surface area contributed by atoms with Gasteiger partial charge in [0.15, 0.2) is 12.2 Å². The lowest BCUT2D eigenvalue weighted by atomic mass is 9.99. The number of esters is 4. The molecule has 0 aliphatic carbocycles. The summed E-state index contributed by atoms with van der Waals surface area (Å²) in [5, 5.41) is 10.6. The van der Waals surface area contributed by atoms with E-state index in [1.54, 1.807) is 0 Å². The van der Waals surface area contributed by atoms with Gasteiger partial charge in [-0.15, -0.1) is 0 Å². The number of aliphatic hydroxyl groups is 1. The number of hydrogen-bond donors (Lipinski definition) is 3. The molecule has 0 aromatic carbocycles. The number of rotatable bonds is 68. The van der Waals surface area contributed by atoms with Gasteiger partial charge in [0, 0.05) is 25.7 Å². The lowest BCUT2D eigenvalue weighted by Gasteiger charge is -2.21. The molecule has 0 rings (SSSR count). The summed E-state index contributed by atoms with van der Waals surface area (Å²) in [7, 11) is -9.89. The van der Waals surface area contributed by atoms with Crippen molar-refractivity contribution >= 4 is 39.5 Å². The van der Waals surface area contributed by atoms with Gasteiger partial charge in [0.05, 0.1) is 26.4 Å². The van der Waals surface area contributed by atoms with E-state index in [9.17, 15) is 43.2 Å². The van der Waals surface area contributed by atoms with Crippen LogP contribution in [0.15, 0.2) is 0 Å². The zero-order chi connectivity index (χ0) is 65.0. The molecule has 0 heterocycles. The van der Waals surface area contributed by atoms with Gasteiger partial charge >= 0.3 is 39.5 Å². The van der Waals surface area contributed by atoms with Crippen LogP contribution in [0.2, 0.25) is 0 Å². The van der Waals surface area contributed by atoms with E-state index in [0.29, 0.717) is 25.7 Å². The first kappa shape index (κ1) is 86.1. The van der Waals surface area contributed by atoms with E-state index in [1.807, 2.05) is 0 Å². The molecular weight excluding hydrogens is 1160 g/mol. The number of carbonyl (C=O) groups is 4. The van der Waals surface area contributed by atoms with Crippen LogP contribution in [-0.4, -0.2) is 96.7 Å². The highest BCUT2D eigenvalue weighted by Gasteiger charge is 2.30. The molecule has 88 heavy (non-hydrogen) atoms. The molecule has 0 fully saturated rings. The molecule has 0 saturated heterocycles. The third-order valence-corrected chi connectivity index (χ3v) is 18.2. The van der Waals surface area contributed by atoms with E-state index >= 15 is 0 Å². The van der Waals surface area contributed by atoms with E-state index in [2.05, 4.69) is 41.5 Å². The Morgan fingerprint density at radius 3 is 0.864 bits per heavy atom. The first-order valence-corrected chi connectivity index (χ1v) is 39.0. The number of hydrogen-bond acceptors (Lipinski definition) is 15. The first-order valence-electron chi connectivity index (χ1n) is 36.0. The van der Waals surface area contributed by atoms with Crippen LogP contribution >= 0.6 is 15.6 Å². The fraction of sp³-hybridized carbons (Fsp3) is 0.942. The Morgan fingerprint density at radius 2 is 0.580 bits per heavy atom. The topological polar surface area (TPSA) is 237 Å². The highest BCUT2D eigenvalue weighted by atomic mass is 31.2. The van der Waals surface area contributed by atoms with Crippen molar-refractivity contribution in [2.45, 2.75) is 368 Å². The minimum atomic E-state index is -4.95. The van der Waals surface area contributed by atoms with Crippen LogP contribution in [0, 0.1) is 11.8 Å². The Bertz CT molecular complexity index is 1720. The van der Waals surface area contributed by atoms with Gasteiger partial charge in [0.25, 0.3) is 0 Å². The zero-order valence-corrected chi connectivity index (χ0v) is 58.8. The summed E-state index contributed by atoms with van der Waals surface area (Å²) in [6.07, 6.45) is 45.9. The summed E-state index contributed by atoms with van der Waals surface area (Å²) in [4.78, 5) is 72.3. The molecular formula is C69H134O17P2. The number of phosphoric acid groups is 2. The molecule has 0 aromatic rings. The standard InChI is InChI=1S/C69H134O17P2/c1-7-10-12-14-16-17-27-35-41-47-53-68(73)85-64(57-79-66(71)51-45-39-31-15-13-11-8-2)59-83-87(75,76)81-55-63(70)56-82-88(77,78)84-60-65(58-80-67(72)52-46-40-34-30-29-33-38-44-50-62(6)9-3)86-69(74)54-48-42-36-28-25-23-21-19-18-20-22-24-26-32-37-43-49-61(4)5/h61-65,70H,7-60H2,1-6H3,(H,75,76)(H,77,78)/t62?,63-,64+,65+/m0/s1. The Morgan fingerprint density at radius 1 is 0.330 bits per heavy atom. The second-order valence-corrected chi connectivity index (χ2v) is 28.5. The number of ether oxygens (including phenoxy) is 4. The van der Waals surface area contributed by atoms with Crippen molar-refractivity contribution in [1.29, 1.82) is 0 Å². The summed E-state index contributed by atoms with van der Waals surface area (Å²) in [5.74, 6) is -0.544. The van der Waals surface area contributed by atoms with E-state index in [4.69, 9.17) is 37.0 Å². The molecule has 522 valence electrons. The minimum Gasteiger partial charge on any atom is -0.462 e. The molecule has 0 aliphatic rings. The molecule has 0 saturated carbocycles. The molecule has 0 bridgehead atoms. The Hall–Kier alpha value is -1.94. The molecule has 3 unspecified atom stereocenters. The van der Waals surface area contributed by atoms with Crippen molar-refractivity contribution < 1.29 is 80.2 Å². The molecule has 0 aromatic heterocycles. The third-order valence-electron chi connectivity index (χ3n) is 16.3. The maximum Gasteiger partial charge on any atom is 0.472 e. The summed E-state index contributed by atoms with van der Waals surface area (Å²) in [5.41, 5.74) is 0. The normalized spacial score (nSPS) is 14.5. The number of unbranched alkanes of at least 4 members (excludes halogenated alkanes) is 37. The average Bonchev–Trinajstić information content (AvgIpc) is 3.60. The van der Waals surface area contributed by atoms with Gasteiger partial charge in [-0.1, -0.05) is 298 Å². The maximum absolute atomic E-state index is 13.0. The second-order valence-electron chi connectivity index (χ2n) is 25.6. The van der Waals surface area contributed by atoms with E-state index < -0.39 is 97.5 Å². The van der Waals surface area contributed by atoms with Crippen LogP contribution in [-0.2, 0) is 65.4 Å². The highest BCUT2D eigenvalue weighted by molar-refractivity contribution is 7.47. The SMILES string of the molecule is CCCCCCCCCCCCC(=O)O[C@H](COC(=O)CCCCCCCCC)COP(=O)(O)OC[C@H](O)COP(=O)(O)OC[C@@H](COC(=O)CCCCCCCCCCC(C)CC)OC(=O)CCCCCCCCCCCCCCCCCCC(C)C. The van der Waals surface area contributed by atoms with E-state index in [1.165, 1.54) is 154 Å². The van der Waals surface area contributed by atoms with Crippen LogP contribution in [0.1, 0.15) is 350 Å². The lowest BCUT2D eigenvalue weighted by Crippen LogP contribution is -2.30. The van der Waals surface area contributed by atoms with Gasteiger partial charge in [0.2, 0.25) is 0 Å². The van der Waals surface area contributed by atoms with Crippen molar-refractivity contribution in [3.8, 4) is 0 Å². The highest BCUT2D eigenvalue weighted by Crippen LogP contribution is 2.45. The predicted molar refractivity (Wildman–Crippen MR) is 354 cm³/mol. The lowest BCUT2D eigenvalue weighted by molar-refractivity contribution is -0.161. The number of aliphatic hydroxyl groups excluding tert-OH is 1. The molecule has 0 amide bonds. The second kappa shape index (κ2) is 61.3. The Kier molecular flexibility index (Phi) is 59.9. The molecule has 3 N–H and O–H groups in total. The summed E-state index contributed by atoms with van der Waals surface area (Å²) >= 11 is 0. The molecule has 17 nitrogen and oxygen atoms in total. The van der Waals surface area contributed by atoms with Crippen LogP contribution in [0.5, 0.6) is 0 Å². The summed E-state index contributed by atoms with van der Waals surface area (Å²) in [6, 6.07) is 0. The van der Waals surface area contributed by atoms with Crippen molar-refractivity contribution in [1.82, 2.24) is 0 Å². The Labute approximate surface area is 537 Å². The molecule has 19 heteroatoms. The average molecular weight is 1300 g/mol. The van der Waals surface area contributed by atoms with Crippen molar-refractivity contribution in [2.75, 3.05) is 39.6 Å². The largest absolute Gasteiger partial charge is 0.472 e. The van der Waals surface area contributed by atoms with E-state index in [-0.39, 0.29) is 25.7 Å². The van der Waals surface area contributed by atoms with Crippen LogP contribution < -0.4 is 0 Å². The predicted octanol–water partition coefficient (Wildman–Crippen LogP) is 19.6. The van der Waals surface area contributed by atoms with Crippen molar-refractivity contribution in [3.63, 3.8) is 0 Å². The summed E-state index contributed by atoms with van der Waals surface area (Å²) in [6.45, 7) is 9.52. The molecule has 6 atom stereocenters. The van der Waals surface area contributed by atoms with E-state index in [0.717, 1.165) is 115 Å². The van der Waals surface area contributed by atoms with Gasteiger partial charge in [-0.05, 0) is 37.5 Å². The minimum absolute atomic E-state index is 0.106. The smallest absolute Gasteiger partial charge is 0.462 e. The molecule has 0 spiro atoms. The van der Waals surface area contributed by atoms with Gasteiger partial charge in [-0.25, -0.2) is 9.13 Å². The Balaban J connectivity index is 5.17. The van der Waals surface area contributed by atoms with Gasteiger partial charge < -0.3 is 33.8 Å². The first-order chi connectivity index (χ1) is 42.4. The van der Waals surface area contributed by atoms with Gasteiger partial charge in [-0.3, -0.25) is 37.3 Å². The third kappa shape index (κ3) is 61.6. The van der Waals surface area contributed by atoms with Crippen LogP contribution in [0.3, 0.4) is 0 Å². The monoisotopic (exact) mass is 1300 g/mol. The molecule has 0 radical (unpaired) electrons. The summed E-state index contributed by atoms with van der Waals surface area (Å²) < 4.78 is 68.1. The van der Waals surface area contributed by atoms with Gasteiger partial charge in [0.1, 0.15) is 19.3 Å². The number of carbonyl (C=O) groups excluding carboxylic acids is 4.